The van der Waals surface area contributed by atoms with E-state index in [2.05, 4.69) is 12.1 Å². The van der Waals surface area contributed by atoms with Crippen molar-refractivity contribution in [1.29, 1.82) is 0 Å². The Labute approximate surface area is 152 Å². The molecule has 21 heavy (non-hydrogen) atoms. The van der Waals surface area contributed by atoms with Crippen LogP contribution in [0.1, 0.15) is 13.8 Å². The van der Waals surface area contributed by atoms with Crippen LogP contribution in [0.2, 0.25) is 0 Å². The molecule has 0 atom stereocenters. The van der Waals surface area contributed by atoms with E-state index in [1.807, 2.05) is 67.0 Å². The number of hydrogen-bond donors (Lipinski definition) is 0. The van der Waals surface area contributed by atoms with Crippen molar-refractivity contribution in [2.75, 3.05) is 13.1 Å². The van der Waals surface area contributed by atoms with Crippen molar-refractivity contribution in [2.45, 2.75) is 13.8 Å². The van der Waals surface area contributed by atoms with Crippen LogP contribution in [-0.2, 0) is 4.57 Å². The summed E-state index contributed by atoms with van der Waals surface area (Å²) in [5.41, 5.74) is 0. The van der Waals surface area contributed by atoms with Gasteiger partial charge in [-0.25, -0.2) is 4.67 Å². The van der Waals surface area contributed by atoms with Gasteiger partial charge in [0.1, 0.15) is 0 Å². The first kappa shape index (κ1) is 20.8. The van der Waals surface area contributed by atoms with E-state index in [9.17, 15) is 4.57 Å². The zero-order valence-corrected chi connectivity index (χ0v) is 14.2. The average Bonchev–Trinajstić information content (AvgIpc) is 2.50. The van der Waals surface area contributed by atoms with Gasteiger partial charge in [-0.15, -0.1) is 0 Å². The molecule has 0 saturated heterocycles. The van der Waals surface area contributed by atoms with Gasteiger partial charge in [0.2, 0.25) is 0 Å². The topological polar surface area (TPSA) is 20.3 Å². The molecule has 2 aromatic carbocycles. The van der Waals surface area contributed by atoms with Crippen LogP contribution in [0.4, 0.5) is 0 Å². The third kappa shape index (κ3) is 4.40. The third-order valence-corrected chi connectivity index (χ3v) is 6.39. The molecule has 5 heteroatoms. The molecule has 0 unspecified atom stereocenters. The molecular formula is C16H18Li2NOP. The SMILES string of the molecule is CCN(CC)P(=O)(c1[c-]cccc1)c1[c-]cccc1.[Li+].[Li+]. The second kappa shape index (κ2) is 9.76. The summed E-state index contributed by atoms with van der Waals surface area (Å²) < 4.78 is 15.6. The maximum atomic E-state index is 13.6. The Hall–Kier alpha value is -0.175. The van der Waals surface area contributed by atoms with Gasteiger partial charge < -0.3 is 4.57 Å². The van der Waals surface area contributed by atoms with Gasteiger partial charge >= 0.3 is 37.7 Å². The Bertz CT molecular complexity index is 516. The summed E-state index contributed by atoms with van der Waals surface area (Å²) in [6.07, 6.45) is 0. The van der Waals surface area contributed by atoms with Gasteiger partial charge in [0.15, 0.2) is 7.29 Å². The molecule has 0 aromatic heterocycles. The van der Waals surface area contributed by atoms with E-state index in [0.29, 0.717) is 0 Å². The summed E-state index contributed by atoms with van der Waals surface area (Å²) >= 11 is 0. The molecule has 0 heterocycles. The standard InChI is InChI=1S/C16H18NOP.2Li/c1-3-17(4-2)19(18,15-11-7-5-8-12-15)16-13-9-6-10-14-16;;/h5-11,13H,3-4H2,1-2H3;;/q-2;2*+1. The minimum absolute atomic E-state index is 0. The van der Waals surface area contributed by atoms with Crippen molar-refractivity contribution >= 4 is 17.9 Å². The van der Waals surface area contributed by atoms with Crippen LogP contribution in [0.15, 0.2) is 48.5 Å². The van der Waals surface area contributed by atoms with E-state index >= 15 is 0 Å². The molecule has 0 aliphatic carbocycles. The first-order valence-electron chi connectivity index (χ1n) is 6.53. The summed E-state index contributed by atoms with van der Waals surface area (Å²) in [4.78, 5) is 0. The Kier molecular flexibility index (Phi) is 9.68. The molecule has 0 radical (unpaired) electrons. The summed E-state index contributed by atoms with van der Waals surface area (Å²) in [6, 6.07) is 21.3. The fraction of sp³-hybridized carbons (Fsp3) is 0.250. The summed E-state index contributed by atoms with van der Waals surface area (Å²) in [7, 11) is -2.81. The predicted octanol–water partition coefficient (Wildman–Crippen LogP) is -3.13. The van der Waals surface area contributed by atoms with Crippen LogP contribution >= 0.6 is 7.29 Å². The minimum Gasteiger partial charge on any atom is -0.301 e. The van der Waals surface area contributed by atoms with Crippen LogP contribution in [0.25, 0.3) is 0 Å². The number of hydrogen-bond acceptors (Lipinski definition) is 1. The average molecular weight is 285 g/mol. The Balaban J connectivity index is 0.00000200. The molecule has 2 nitrogen and oxygen atoms in total. The molecule has 0 amide bonds. The fourth-order valence-corrected chi connectivity index (χ4v) is 4.94. The van der Waals surface area contributed by atoms with Crippen molar-refractivity contribution in [3.8, 4) is 0 Å². The molecular weight excluding hydrogens is 267 g/mol. The van der Waals surface area contributed by atoms with Gasteiger partial charge in [0.05, 0.1) is 0 Å². The molecule has 0 saturated carbocycles. The first-order chi connectivity index (χ1) is 9.23. The van der Waals surface area contributed by atoms with E-state index in [-0.39, 0.29) is 37.7 Å². The smallest absolute Gasteiger partial charge is 0.301 e. The van der Waals surface area contributed by atoms with Gasteiger partial charge in [-0.05, 0) is 0 Å². The van der Waals surface area contributed by atoms with E-state index in [1.165, 1.54) is 0 Å². The van der Waals surface area contributed by atoms with Crippen LogP contribution in [0.5, 0.6) is 0 Å². The maximum absolute atomic E-state index is 13.6. The van der Waals surface area contributed by atoms with Crippen LogP contribution in [-0.4, -0.2) is 17.8 Å². The fourth-order valence-electron chi connectivity index (χ4n) is 2.20. The molecule has 0 N–H and O–H groups in total. The molecule has 2 aromatic rings. The Morgan fingerprint density at radius 1 is 0.905 bits per heavy atom. The summed E-state index contributed by atoms with van der Waals surface area (Å²) in [5.74, 6) is 0. The van der Waals surface area contributed by atoms with Crippen LogP contribution in [0, 0.1) is 12.1 Å². The predicted molar refractivity (Wildman–Crippen MR) is 80.4 cm³/mol. The van der Waals surface area contributed by atoms with Crippen LogP contribution < -0.4 is 48.3 Å². The van der Waals surface area contributed by atoms with Crippen molar-refractivity contribution in [3.05, 3.63) is 60.7 Å². The van der Waals surface area contributed by atoms with Crippen LogP contribution in [0.3, 0.4) is 0 Å². The normalized spacial score (nSPS) is 10.6. The molecule has 2 rings (SSSR count). The van der Waals surface area contributed by atoms with Crippen molar-refractivity contribution in [3.63, 3.8) is 0 Å². The molecule has 0 spiro atoms. The second-order valence-electron chi connectivity index (χ2n) is 4.21. The van der Waals surface area contributed by atoms with Gasteiger partial charge in [-0.1, -0.05) is 24.5 Å². The number of nitrogens with zero attached hydrogens (tertiary/aromatic N) is 1. The third-order valence-electron chi connectivity index (χ3n) is 3.17. The van der Waals surface area contributed by atoms with Gasteiger partial charge in [-0.3, -0.25) is 0 Å². The molecule has 0 fully saturated rings. The second-order valence-corrected chi connectivity index (χ2v) is 6.89. The number of benzene rings is 2. The summed E-state index contributed by atoms with van der Waals surface area (Å²) in [5, 5.41) is 1.50. The van der Waals surface area contributed by atoms with Gasteiger partial charge in [0.25, 0.3) is 0 Å². The monoisotopic (exact) mass is 285 g/mol. The molecule has 100 valence electrons. The summed E-state index contributed by atoms with van der Waals surface area (Å²) in [6.45, 7) is 5.53. The largest absolute Gasteiger partial charge is 1.00 e. The number of rotatable bonds is 5. The van der Waals surface area contributed by atoms with Gasteiger partial charge in [0, 0.05) is 13.1 Å². The van der Waals surface area contributed by atoms with Crippen molar-refractivity contribution < 1.29 is 42.3 Å². The zero-order valence-electron chi connectivity index (χ0n) is 13.3. The maximum Gasteiger partial charge on any atom is 1.00 e. The van der Waals surface area contributed by atoms with Gasteiger partial charge in [-0.2, -0.15) is 60.7 Å². The Morgan fingerprint density at radius 3 is 1.62 bits per heavy atom. The van der Waals surface area contributed by atoms with E-state index in [1.54, 1.807) is 0 Å². The minimum atomic E-state index is -2.81. The molecule has 0 aliphatic heterocycles. The Morgan fingerprint density at radius 2 is 1.33 bits per heavy atom. The zero-order chi connectivity index (χ0) is 13.7. The quantitative estimate of drug-likeness (QED) is 0.329. The van der Waals surface area contributed by atoms with Crippen molar-refractivity contribution in [2.24, 2.45) is 0 Å². The first-order valence-corrected chi connectivity index (χ1v) is 8.19. The van der Waals surface area contributed by atoms with E-state index in [4.69, 9.17) is 0 Å². The molecule has 0 aliphatic rings. The van der Waals surface area contributed by atoms with E-state index < -0.39 is 7.29 Å². The van der Waals surface area contributed by atoms with E-state index in [0.717, 1.165) is 23.7 Å². The molecule has 0 bridgehead atoms. The van der Waals surface area contributed by atoms with Crippen molar-refractivity contribution in [1.82, 2.24) is 4.67 Å².